The van der Waals surface area contributed by atoms with Gasteiger partial charge in [-0.05, 0) is 18.2 Å². The number of pyridine rings is 1. The Morgan fingerprint density at radius 2 is 2.14 bits per heavy atom. The van der Waals surface area contributed by atoms with Crippen molar-refractivity contribution in [2.24, 2.45) is 0 Å². The third-order valence-electron chi connectivity index (χ3n) is 3.44. The molecule has 6 heteroatoms. The average Bonchev–Trinajstić information content (AvgIpc) is 2.77. The van der Waals surface area contributed by atoms with Crippen LogP contribution in [0.5, 0.6) is 0 Å². The van der Waals surface area contributed by atoms with E-state index in [-0.39, 0.29) is 5.91 Å². The molecule has 2 heterocycles. The number of halogens is 1. The van der Waals surface area contributed by atoms with Gasteiger partial charge in [0.05, 0.1) is 17.6 Å². The van der Waals surface area contributed by atoms with Gasteiger partial charge in [0.1, 0.15) is 6.04 Å². The van der Waals surface area contributed by atoms with Crippen LogP contribution >= 0.6 is 15.9 Å². The quantitative estimate of drug-likeness (QED) is 0.896. The monoisotopic (exact) mass is 346 g/mol. The number of nitrogens with one attached hydrogen (secondary N) is 2. The van der Waals surface area contributed by atoms with Crippen molar-refractivity contribution in [1.29, 1.82) is 0 Å². The zero-order valence-corrected chi connectivity index (χ0v) is 13.3. The van der Waals surface area contributed by atoms with Crippen molar-refractivity contribution in [3.63, 3.8) is 0 Å². The van der Waals surface area contributed by atoms with E-state index in [2.05, 4.69) is 31.5 Å². The summed E-state index contributed by atoms with van der Waals surface area (Å²) in [5.74, 6) is -0.0644. The number of hydrogen-bond donors (Lipinski definition) is 2. The molecule has 0 bridgehead atoms. The zero-order chi connectivity index (χ0) is 15.0. The summed E-state index contributed by atoms with van der Waals surface area (Å²) >= 11 is 3.52. The minimum absolute atomic E-state index is 0.0644. The number of anilines is 3. The summed E-state index contributed by atoms with van der Waals surface area (Å²) in [5.41, 5.74) is 3.57. The summed E-state index contributed by atoms with van der Waals surface area (Å²) in [7, 11) is 3.91. The second kappa shape index (κ2) is 5.37. The lowest BCUT2D eigenvalue weighted by Gasteiger charge is -2.20. The highest BCUT2D eigenvalue weighted by Crippen LogP contribution is 2.39. The second-order valence-corrected chi connectivity index (χ2v) is 5.91. The van der Waals surface area contributed by atoms with Crippen LogP contribution in [-0.2, 0) is 4.79 Å². The molecule has 1 aliphatic heterocycles. The Kier molecular flexibility index (Phi) is 3.55. The van der Waals surface area contributed by atoms with Crippen molar-refractivity contribution in [3.05, 3.63) is 46.7 Å². The largest absolute Gasteiger partial charge is 0.376 e. The molecule has 1 unspecified atom stereocenters. The fraction of sp³-hybridized carbons (Fsp3) is 0.200. The Morgan fingerprint density at radius 3 is 2.90 bits per heavy atom. The minimum Gasteiger partial charge on any atom is -0.376 e. The molecule has 0 saturated carbocycles. The van der Waals surface area contributed by atoms with E-state index in [1.165, 1.54) is 0 Å². The first-order valence-corrected chi connectivity index (χ1v) is 7.34. The Morgan fingerprint density at radius 1 is 1.33 bits per heavy atom. The van der Waals surface area contributed by atoms with E-state index in [9.17, 15) is 4.79 Å². The molecule has 0 fully saturated rings. The van der Waals surface area contributed by atoms with Gasteiger partial charge >= 0.3 is 0 Å². The predicted octanol–water partition coefficient (Wildman–Crippen LogP) is 3.02. The van der Waals surface area contributed by atoms with Gasteiger partial charge in [-0.3, -0.25) is 9.78 Å². The van der Waals surface area contributed by atoms with Gasteiger partial charge in [0.25, 0.3) is 5.91 Å². The molecule has 1 aliphatic rings. The average molecular weight is 347 g/mol. The Balaban J connectivity index is 1.99. The molecule has 0 aliphatic carbocycles. The van der Waals surface area contributed by atoms with E-state index in [1.54, 1.807) is 12.4 Å². The van der Waals surface area contributed by atoms with Crippen LogP contribution in [0.2, 0.25) is 0 Å². The molecule has 2 N–H and O–H groups in total. The van der Waals surface area contributed by atoms with Crippen molar-refractivity contribution in [2.45, 2.75) is 6.04 Å². The summed E-state index contributed by atoms with van der Waals surface area (Å²) in [6.45, 7) is 0. The standard InChI is InChI=1S/C15H15BrN4O/c1-20(2)12-6-7-17-8-11(12)18-14-13-9(16)4-3-5-10(13)19-15(14)21/h3-8,14,18H,1-2H3,(H,19,21). The highest BCUT2D eigenvalue weighted by atomic mass is 79.9. The van der Waals surface area contributed by atoms with Gasteiger partial charge in [-0.1, -0.05) is 22.0 Å². The molecule has 3 rings (SSSR count). The van der Waals surface area contributed by atoms with Crippen molar-refractivity contribution in [2.75, 3.05) is 29.6 Å². The molecule has 0 spiro atoms. The molecule has 0 saturated heterocycles. The molecule has 1 atom stereocenters. The Bertz CT molecular complexity index is 702. The number of nitrogens with zero attached hydrogens (tertiary/aromatic N) is 2. The first-order chi connectivity index (χ1) is 10.1. The third-order valence-corrected chi connectivity index (χ3v) is 4.13. The molecule has 2 aromatic rings. The van der Waals surface area contributed by atoms with E-state index < -0.39 is 6.04 Å². The maximum Gasteiger partial charge on any atom is 0.251 e. The molecular weight excluding hydrogens is 332 g/mol. The summed E-state index contributed by atoms with van der Waals surface area (Å²) in [4.78, 5) is 18.4. The normalized spacial score (nSPS) is 16.3. The summed E-state index contributed by atoms with van der Waals surface area (Å²) < 4.78 is 0.908. The maximum atomic E-state index is 12.2. The van der Waals surface area contributed by atoms with E-state index >= 15 is 0 Å². The van der Waals surface area contributed by atoms with Gasteiger partial charge < -0.3 is 15.5 Å². The molecular formula is C15H15BrN4O. The van der Waals surface area contributed by atoms with E-state index in [0.717, 1.165) is 27.1 Å². The molecule has 0 radical (unpaired) electrons. The summed E-state index contributed by atoms with van der Waals surface area (Å²) in [6, 6.07) is 7.22. The smallest absolute Gasteiger partial charge is 0.251 e. The van der Waals surface area contributed by atoms with Gasteiger partial charge in [-0.25, -0.2) is 0 Å². The molecule has 5 nitrogen and oxygen atoms in total. The number of fused-ring (bicyclic) bond motifs is 1. The Hall–Kier alpha value is -2.08. The highest BCUT2D eigenvalue weighted by Gasteiger charge is 2.32. The molecule has 108 valence electrons. The van der Waals surface area contributed by atoms with E-state index in [0.29, 0.717) is 0 Å². The number of carbonyl (C=O) groups is 1. The van der Waals surface area contributed by atoms with Crippen LogP contribution in [0.15, 0.2) is 41.1 Å². The summed E-state index contributed by atoms with van der Waals surface area (Å²) in [5, 5.41) is 6.18. The fourth-order valence-corrected chi connectivity index (χ4v) is 3.05. The number of hydrogen-bond acceptors (Lipinski definition) is 4. The van der Waals surface area contributed by atoms with Gasteiger partial charge in [0.15, 0.2) is 0 Å². The fourth-order valence-electron chi connectivity index (χ4n) is 2.46. The van der Waals surface area contributed by atoms with Crippen molar-refractivity contribution in [1.82, 2.24) is 4.98 Å². The number of rotatable bonds is 3. The number of aromatic nitrogens is 1. The van der Waals surface area contributed by atoms with Crippen LogP contribution in [0.4, 0.5) is 17.1 Å². The van der Waals surface area contributed by atoms with E-state index in [4.69, 9.17) is 0 Å². The lowest BCUT2D eigenvalue weighted by atomic mass is 10.1. The third kappa shape index (κ3) is 2.47. The first kappa shape index (κ1) is 13.9. The summed E-state index contributed by atoms with van der Waals surface area (Å²) in [6.07, 6.45) is 3.47. The molecule has 21 heavy (non-hydrogen) atoms. The predicted molar refractivity (Wildman–Crippen MR) is 87.7 cm³/mol. The minimum atomic E-state index is -0.432. The van der Waals surface area contributed by atoms with Crippen molar-refractivity contribution < 1.29 is 4.79 Å². The van der Waals surface area contributed by atoms with Crippen LogP contribution < -0.4 is 15.5 Å². The molecule has 1 aromatic heterocycles. The Labute approximate surface area is 131 Å². The van der Waals surface area contributed by atoms with E-state index in [1.807, 2.05) is 43.3 Å². The van der Waals surface area contributed by atoms with Crippen LogP contribution in [0.25, 0.3) is 0 Å². The SMILES string of the molecule is CN(C)c1ccncc1NC1C(=O)Nc2cccc(Br)c21. The lowest BCUT2D eigenvalue weighted by Crippen LogP contribution is -2.21. The number of carbonyl (C=O) groups excluding carboxylic acids is 1. The molecule has 1 amide bonds. The number of benzene rings is 1. The van der Waals surface area contributed by atoms with Gasteiger partial charge in [-0.2, -0.15) is 0 Å². The maximum absolute atomic E-state index is 12.2. The highest BCUT2D eigenvalue weighted by molar-refractivity contribution is 9.10. The zero-order valence-electron chi connectivity index (χ0n) is 11.7. The topological polar surface area (TPSA) is 57.3 Å². The van der Waals surface area contributed by atoms with Gasteiger partial charge in [0, 0.05) is 36.0 Å². The lowest BCUT2D eigenvalue weighted by molar-refractivity contribution is -0.116. The van der Waals surface area contributed by atoms with Gasteiger partial charge in [0.2, 0.25) is 0 Å². The van der Waals surface area contributed by atoms with Gasteiger partial charge in [-0.15, -0.1) is 0 Å². The van der Waals surface area contributed by atoms with Crippen LogP contribution in [-0.4, -0.2) is 25.0 Å². The van der Waals surface area contributed by atoms with Crippen LogP contribution in [0, 0.1) is 0 Å². The van der Waals surface area contributed by atoms with Crippen molar-refractivity contribution >= 4 is 38.9 Å². The van der Waals surface area contributed by atoms with Crippen LogP contribution in [0.3, 0.4) is 0 Å². The molecule has 1 aromatic carbocycles. The first-order valence-electron chi connectivity index (χ1n) is 6.55. The number of amides is 1. The van der Waals surface area contributed by atoms with Crippen molar-refractivity contribution in [3.8, 4) is 0 Å². The second-order valence-electron chi connectivity index (χ2n) is 5.05. The van der Waals surface area contributed by atoms with Crippen LogP contribution in [0.1, 0.15) is 11.6 Å².